The van der Waals surface area contributed by atoms with Gasteiger partial charge in [-0.3, -0.25) is 0 Å². The third kappa shape index (κ3) is 3.97. The van der Waals surface area contributed by atoms with Crippen molar-refractivity contribution in [1.29, 1.82) is 0 Å². The number of nitrogen functional groups attached to an aromatic ring is 1. The van der Waals surface area contributed by atoms with Crippen LogP contribution < -0.4 is 15.8 Å². The predicted octanol–water partition coefficient (Wildman–Crippen LogP) is 2.41. The molecule has 7 nitrogen and oxygen atoms in total. The molecule has 0 saturated heterocycles. The molecule has 1 aliphatic rings. The minimum atomic E-state index is -0.679. The maximum atomic E-state index is 12.5. The fraction of sp³-hybridized carbons (Fsp3) is 0.300. The number of nitrogens with one attached hydrogen (secondary N) is 1. The van der Waals surface area contributed by atoms with Gasteiger partial charge in [-0.15, -0.1) is 0 Å². The van der Waals surface area contributed by atoms with Gasteiger partial charge in [0.05, 0.1) is 37.0 Å². The zero-order chi connectivity index (χ0) is 20.1. The number of hydrogen-bond acceptors (Lipinski definition) is 7. The van der Waals surface area contributed by atoms with Crippen molar-refractivity contribution in [3.8, 4) is 5.75 Å². The Morgan fingerprint density at radius 1 is 1.15 bits per heavy atom. The van der Waals surface area contributed by atoms with E-state index in [9.17, 15) is 9.59 Å². The van der Waals surface area contributed by atoms with Crippen LogP contribution in [0.4, 0.5) is 5.69 Å². The van der Waals surface area contributed by atoms with Gasteiger partial charge in [-0.2, -0.15) is 0 Å². The number of dihydropyridines is 1. The SMILES string of the molecule is C=CCOc1ccc(C2C(C(=O)OC)=C(C)NC(C)=C2C(=O)OC)cc1N. The van der Waals surface area contributed by atoms with Crippen LogP contribution in [0.5, 0.6) is 5.75 Å². The summed E-state index contributed by atoms with van der Waals surface area (Å²) < 4.78 is 15.4. The highest BCUT2D eigenvalue weighted by Gasteiger charge is 2.37. The molecule has 0 fully saturated rings. The van der Waals surface area contributed by atoms with Crippen molar-refractivity contribution < 1.29 is 23.8 Å². The normalized spacial score (nSPS) is 14.5. The third-order valence-electron chi connectivity index (χ3n) is 4.29. The minimum absolute atomic E-state index is 0.315. The highest BCUT2D eigenvalue weighted by molar-refractivity contribution is 5.99. The summed E-state index contributed by atoms with van der Waals surface area (Å²) in [5.41, 5.74) is 8.99. The molecule has 1 aromatic rings. The lowest BCUT2D eigenvalue weighted by Gasteiger charge is -2.30. The summed E-state index contributed by atoms with van der Waals surface area (Å²) in [6, 6.07) is 5.14. The number of esters is 2. The number of anilines is 1. The van der Waals surface area contributed by atoms with Gasteiger partial charge in [0, 0.05) is 11.4 Å². The first-order chi connectivity index (χ1) is 12.8. The molecule has 0 radical (unpaired) electrons. The average Bonchev–Trinajstić information content (AvgIpc) is 2.65. The third-order valence-corrected chi connectivity index (χ3v) is 4.29. The van der Waals surface area contributed by atoms with E-state index < -0.39 is 17.9 Å². The molecule has 2 rings (SSSR count). The molecular formula is C20H24N2O5. The molecule has 3 N–H and O–H groups in total. The second-order valence-corrected chi connectivity index (χ2v) is 6.02. The number of ether oxygens (including phenoxy) is 3. The van der Waals surface area contributed by atoms with Crippen molar-refractivity contribution in [2.45, 2.75) is 19.8 Å². The van der Waals surface area contributed by atoms with Gasteiger partial charge in [0.25, 0.3) is 0 Å². The second-order valence-electron chi connectivity index (χ2n) is 6.02. The van der Waals surface area contributed by atoms with Crippen LogP contribution in [0.3, 0.4) is 0 Å². The molecular weight excluding hydrogens is 348 g/mol. The van der Waals surface area contributed by atoms with Crippen LogP contribution in [0.2, 0.25) is 0 Å². The Kier molecular flexibility index (Phi) is 6.28. The molecule has 0 saturated carbocycles. The Bertz CT molecular complexity index is 801. The number of benzene rings is 1. The molecule has 0 aliphatic carbocycles. The predicted molar refractivity (Wildman–Crippen MR) is 102 cm³/mol. The summed E-state index contributed by atoms with van der Waals surface area (Å²) in [5, 5.41) is 3.05. The summed E-state index contributed by atoms with van der Waals surface area (Å²) >= 11 is 0. The molecule has 144 valence electrons. The topological polar surface area (TPSA) is 99.9 Å². The zero-order valence-electron chi connectivity index (χ0n) is 15.9. The van der Waals surface area contributed by atoms with Crippen molar-refractivity contribution in [3.05, 3.63) is 59.0 Å². The van der Waals surface area contributed by atoms with Crippen LogP contribution in [0.15, 0.2) is 53.4 Å². The van der Waals surface area contributed by atoms with E-state index in [0.717, 1.165) is 0 Å². The smallest absolute Gasteiger partial charge is 0.336 e. The Balaban J connectivity index is 2.62. The van der Waals surface area contributed by atoms with Crippen molar-refractivity contribution in [2.24, 2.45) is 0 Å². The molecule has 1 aromatic carbocycles. The van der Waals surface area contributed by atoms with E-state index in [2.05, 4.69) is 11.9 Å². The summed E-state index contributed by atoms with van der Waals surface area (Å²) in [5.74, 6) is -1.26. The zero-order valence-corrected chi connectivity index (χ0v) is 15.9. The second kappa shape index (κ2) is 8.44. The Morgan fingerprint density at radius 2 is 1.70 bits per heavy atom. The number of carbonyl (C=O) groups excluding carboxylic acids is 2. The first-order valence-electron chi connectivity index (χ1n) is 8.34. The van der Waals surface area contributed by atoms with Crippen molar-refractivity contribution >= 4 is 17.6 Å². The van der Waals surface area contributed by atoms with Crippen LogP contribution in [-0.2, 0) is 19.1 Å². The summed E-state index contributed by atoms with van der Waals surface area (Å²) in [4.78, 5) is 24.9. The Morgan fingerprint density at radius 3 is 2.15 bits per heavy atom. The fourth-order valence-corrected chi connectivity index (χ4v) is 3.12. The first-order valence-corrected chi connectivity index (χ1v) is 8.34. The van der Waals surface area contributed by atoms with Gasteiger partial charge >= 0.3 is 11.9 Å². The Labute approximate surface area is 158 Å². The van der Waals surface area contributed by atoms with Crippen molar-refractivity contribution in [3.63, 3.8) is 0 Å². The number of hydrogen-bond donors (Lipinski definition) is 2. The van der Waals surface area contributed by atoms with Crippen LogP contribution >= 0.6 is 0 Å². The molecule has 1 heterocycles. The van der Waals surface area contributed by atoms with Gasteiger partial charge in [0.2, 0.25) is 0 Å². The molecule has 0 spiro atoms. The van der Waals surface area contributed by atoms with Crippen LogP contribution in [-0.4, -0.2) is 32.8 Å². The standard InChI is InChI=1S/C20H24N2O5/c1-6-9-27-15-8-7-13(10-14(15)21)18-16(19(23)25-4)11(2)22-12(3)17(18)20(24)26-5/h6-8,10,18,22H,1,9,21H2,2-5H3. The molecule has 1 aliphatic heterocycles. The van der Waals surface area contributed by atoms with E-state index in [1.165, 1.54) is 14.2 Å². The van der Waals surface area contributed by atoms with Gasteiger partial charge in [0.1, 0.15) is 12.4 Å². The number of carbonyl (C=O) groups is 2. The largest absolute Gasteiger partial charge is 0.487 e. The quantitative estimate of drug-likeness (QED) is 0.449. The van der Waals surface area contributed by atoms with Crippen molar-refractivity contribution in [2.75, 3.05) is 26.6 Å². The van der Waals surface area contributed by atoms with Gasteiger partial charge in [0.15, 0.2) is 0 Å². The lowest BCUT2D eigenvalue weighted by atomic mass is 9.80. The summed E-state index contributed by atoms with van der Waals surface area (Å²) in [6.07, 6.45) is 1.61. The van der Waals surface area contributed by atoms with Crippen LogP contribution in [0, 0.1) is 0 Å². The lowest BCUT2D eigenvalue weighted by molar-refractivity contribution is -0.137. The van der Waals surface area contributed by atoms with E-state index in [1.54, 1.807) is 38.1 Å². The van der Waals surface area contributed by atoms with E-state index in [0.29, 0.717) is 46.1 Å². The molecule has 0 unspecified atom stereocenters. The number of allylic oxidation sites excluding steroid dienone is 2. The average molecular weight is 372 g/mol. The van der Waals surface area contributed by atoms with Gasteiger partial charge in [-0.25, -0.2) is 9.59 Å². The maximum absolute atomic E-state index is 12.5. The number of nitrogens with two attached hydrogens (primary N) is 1. The first kappa shape index (κ1) is 20.1. The molecule has 0 aromatic heterocycles. The van der Waals surface area contributed by atoms with Crippen LogP contribution in [0.1, 0.15) is 25.3 Å². The summed E-state index contributed by atoms with van der Waals surface area (Å²) in [7, 11) is 2.59. The van der Waals surface area contributed by atoms with Gasteiger partial charge in [-0.1, -0.05) is 18.7 Å². The monoisotopic (exact) mass is 372 g/mol. The molecule has 0 bridgehead atoms. The summed E-state index contributed by atoms with van der Waals surface area (Å²) in [6.45, 7) is 7.42. The van der Waals surface area contributed by atoms with E-state index in [-0.39, 0.29) is 0 Å². The van der Waals surface area contributed by atoms with E-state index in [4.69, 9.17) is 19.9 Å². The van der Waals surface area contributed by atoms with E-state index in [1.807, 2.05) is 0 Å². The van der Waals surface area contributed by atoms with Gasteiger partial charge < -0.3 is 25.3 Å². The highest BCUT2D eigenvalue weighted by Crippen LogP contribution is 2.40. The van der Waals surface area contributed by atoms with E-state index >= 15 is 0 Å². The molecule has 0 atom stereocenters. The number of methoxy groups -OCH3 is 2. The molecule has 7 heteroatoms. The number of rotatable bonds is 6. The van der Waals surface area contributed by atoms with Crippen molar-refractivity contribution in [1.82, 2.24) is 5.32 Å². The lowest BCUT2D eigenvalue weighted by Crippen LogP contribution is -2.32. The molecule has 0 amide bonds. The van der Waals surface area contributed by atoms with Crippen LogP contribution in [0.25, 0.3) is 0 Å². The van der Waals surface area contributed by atoms with Gasteiger partial charge in [-0.05, 0) is 31.5 Å². The maximum Gasteiger partial charge on any atom is 0.336 e. The fourth-order valence-electron chi connectivity index (χ4n) is 3.12. The molecule has 27 heavy (non-hydrogen) atoms. The Hall–Kier alpha value is -3.22. The highest BCUT2D eigenvalue weighted by atomic mass is 16.5. The minimum Gasteiger partial charge on any atom is -0.487 e.